The molecule has 0 fully saturated rings. The van der Waals surface area contributed by atoms with Gasteiger partial charge in [0.25, 0.3) is 5.92 Å². The van der Waals surface area contributed by atoms with Crippen LogP contribution >= 0.6 is 11.6 Å². The Labute approximate surface area is 147 Å². The Hall–Kier alpha value is -2.54. The molecular formula is C17H14ClF2N3O2. The first kappa shape index (κ1) is 17.3. The highest BCUT2D eigenvalue weighted by Crippen LogP contribution is 2.34. The highest BCUT2D eigenvalue weighted by Gasteiger charge is 2.36. The Kier molecular flexibility index (Phi) is 4.43. The topological polar surface area (TPSA) is 57.0 Å². The van der Waals surface area contributed by atoms with Crippen LogP contribution in [0, 0.1) is 0 Å². The van der Waals surface area contributed by atoms with Crippen LogP contribution in [-0.4, -0.2) is 27.3 Å². The largest absolute Gasteiger partial charge is 0.462 e. The maximum atomic E-state index is 14.3. The highest BCUT2D eigenvalue weighted by molar-refractivity contribution is 6.34. The lowest BCUT2D eigenvalue weighted by Gasteiger charge is -2.16. The maximum absolute atomic E-state index is 14.3. The summed E-state index contributed by atoms with van der Waals surface area (Å²) in [5.74, 6) is -4.17. The van der Waals surface area contributed by atoms with Crippen molar-refractivity contribution in [1.29, 1.82) is 0 Å². The van der Waals surface area contributed by atoms with Crippen LogP contribution in [0.2, 0.25) is 5.15 Å². The first-order valence-electron chi connectivity index (χ1n) is 7.51. The molecule has 25 heavy (non-hydrogen) atoms. The molecule has 0 radical (unpaired) electrons. The Morgan fingerprint density at radius 2 is 1.96 bits per heavy atom. The normalized spacial score (nSPS) is 11.7. The molecule has 0 spiro atoms. The fourth-order valence-electron chi connectivity index (χ4n) is 2.62. The van der Waals surface area contributed by atoms with Crippen LogP contribution < -0.4 is 0 Å². The van der Waals surface area contributed by atoms with E-state index in [0.717, 1.165) is 10.9 Å². The molecule has 1 aromatic carbocycles. The number of carbonyl (C=O) groups is 1. The highest BCUT2D eigenvalue weighted by atomic mass is 35.5. The van der Waals surface area contributed by atoms with E-state index in [1.165, 1.54) is 6.20 Å². The van der Waals surface area contributed by atoms with Crippen molar-refractivity contribution in [1.82, 2.24) is 14.8 Å². The molecule has 8 heteroatoms. The van der Waals surface area contributed by atoms with Crippen molar-refractivity contribution >= 4 is 28.3 Å². The third kappa shape index (κ3) is 3.07. The number of pyridine rings is 1. The second-order valence-corrected chi connectivity index (χ2v) is 5.77. The van der Waals surface area contributed by atoms with E-state index in [9.17, 15) is 13.6 Å². The van der Waals surface area contributed by atoms with Crippen molar-refractivity contribution in [2.45, 2.75) is 19.8 Å². The van der Waals surface area contributed by atoms with E-state index >= 15 is 0 Å². The first-order valence-corrected chi connectivity index (χ1v) is 7.89. The number of esters is 1. The van der Waals surface area contributed by atoms with Gasteiger partial charge in [-0.05, 0) is 6.92 Å². The molecule has 0 saturated heterocycles. The molecule has 0 aliphatic carbocycles. The standard InChI is InChI=1S/C17H14ClF2N3O2/c1-3-25-16(24)12-8-22-23(14(12)17(2,19)20)13-9-21-15(18)11-7-5-4-6-10(11)13/h4-9H,3H2,1-2H3. The van der Waals surface area contributed by atoms with E-state index < -0.39 is 17.6 Å². The fraction of sp³-hybridized carbons (Fsp3) is 0.235. The quantitative estimate of drug-likeness (QED) is 0.509. The summed E-state index contributed by atoms with van der Waals surface area (Å²) in [6.07, 6.45) is 2.43. The van der Waals surface area contributed by atoms with E-state index in [1.54, 1.807) is 31.2 Å². The summed E-state index contributed by atoms with van der Waals surface area (Å²) in [6, 6.07) is 6.97. The molecule has 0 amide bonds. The van der Waals surface area contributed by atoms with Crippen molar-refractivity contribution in [2.24, 2.45) is 0 Å². The van der Waals surface area contributed by atoms with Crippen LogP contribution in [0.15, 0.2) is 36.7 Å². The molecule has 2 heterocycles. The van der Waals surface area contributed by atoms with Gasteiger partial charge >= 0.3 is 5.97 Å². The fourth-order valence-corrected chi connectivity index (χ4v) is 2.84. The third-order valence-electron chi connectivity index (χ3n) is 3.63. The molecule has 3 aromatic rings. The van der Waals surface area contributed by atoms with Gasteiger partial charge in [-0.2, -0.15) is 13.9 Å². The number of nitrogens with zero attached hydrogens (tertiary/aromatic N) is 3. The SMILES string of the molecule is CCOC(=O)c1cnn(-c2cnc(Cl)c3ccccc23)c1C(C)(F)F. The number of aromatic nitrogens is 3. The van der Waals surface area contributed by atoms with Crippen LogP contribution in [0.3, 0.4) is 0 Å². The lowest BCUT2D eigenvalue weighted by atomic mass is 10.1. The van der Waals surface area contributed by atoms with Gasteiger partial charge in [0.1, 0.15) is 16.4 Å². The summed E-state index contributed by atoms with van der Waals surface area (Å²) < 4.78 is 34.4. The minimum Gasteiger partial charge on any atom is -0.462 e. The first-order chi connectivity index (χ1) is 11.8. The van der Waals surface area contributed by atoms with Gasteiger partial charge in [-0.1, -0.05) is 35.9 Å². The van der Waals surface area contributed by atoms with Gasteiger partial charge in [-0.3, -0.25) is 0 Å². The second-order valence-electron chi connectivity index (χ2n) is 5.41. The van der Waals surface area contributed by atoms with Crippen molar-refractivity contribution < 1.29 is 18.3 Å². The molecule has 130 valence electrons. The molecule has 2 aromatic heterocycles. The van der Waals surface area contributed by atoms with Gasteiger partial charge in [-0.15, -0.1) is 0 Å². The van der Waals surface area contributed by atoms with Gasteiger partial charge < -0.3 is 4.74 Å². The average molecular weight is 366 g/mol. The zero-order chi connectivity index (χ0) is 18.2. The van der Waals surface area contributed by atoms with Crippen LogP contribution in [0.25, 0.3) is 16.5 Å². The number of halogens is 3. The van der Waals surface area contributed by atoms with Crippen molar-refractivity contribution in [3.63, 3.8) is 0 Å². The van der Waals surface area contributed by atoms with Crippen molar-refractivity contribution in [2.75, 3.05) is 6.61 Å². The van der Waals surface area contributed by atoms with Crippen LogP contribution in [-0.2, 0) is 10.7 Å². The number of hydrogen-bond acceptors (Lipinski definition) is 4. The number of rotatable bonds is 4. The molecular weight excluding hydrogens is 352 g/mol. The van der Waals surface area contributed by atoms with E-state index in [2.05, 4.69) is 10.1 Å². The van der Waals surface area contributed by atoms with Gasteiger partial charge in [0.05, 0.1) is 24.7 Å². The van der Waals surface area contributed by atoms with Gasteiger partial charge in [0.2, 0.25) is 0 Å². The van der Waals surface area contributed by atoms with Crippen molar-refractivity contribution in [3.8, 4) is 5.69 Å². The summed E-state index contributed by atoms with van der Waals surface area (Å²) in [5.41, 5.74) is -0.541. The Bertz CT molecular complexity index is 951. The number of fused-ring (bicyclic) bond motifs is 1. The van der Waals surface area contributed by atoms with Crippen LogP contribution in [0.5, 0.6) is 0 Å². The number of carbonyl (C=O) groups excluding carboxylic acids is 1. The van der Waals surface area contributed by atoms with Crippen molar-refractivity contribution in [3.05, 3.63) is 53.1 Å². The molecule has 0 atom stereocenters. The predicted molar refractivity (Wildman–Crippen MR) is 89.4 cm³/mol. The smallest absolute Gasteiger partial charge is 0.341 e. The number of alkyl halides is 2. The summed E-state index contributed by atoms with van der Waals surface area (Å²) in [4.78, 5) is 16.1. The lowest BCUT2D eigenvalue weighted by molar-refractivity contribution is 0.00756. The van der Waals surface area contributed by atoms with E-state index in [1.807, 2.05) is 0 Å². The molecule has 0 saturated carbocycles. The minimum atomic E-state index is -3.32. The molecule has 0 N–H and O–H groups in total. The van der Waals surface area contributed by atoms with Crippen LogP contribution in [0.4, 0.5) is 8.78 Å². The average Bonchev–Trinajstić information content (AvgIpc) is 3.01. The van der Waals surface area contributed by atoms with Gasteiger partial charge in [0.15, 0.2) is 0 Å². The maximum Gasteiger partial charge on any atom is 0.341 e. The van der Waals surface area contributed by atoms with E-state index in [0.29, 0.717) is 23.4 Å². The van der Waals surface area contributed by atoms with Crippen LogP contribution in [0.1, 0.15) is 29.9 Å². The van der Waals surface area contributed by atoms with Gasteiger partial charge in [0, 0.05) is 17.7 Å². The molecule has 5 nitrogen and oxygen atoms in total. The second kappa shape index (κ2) is 6.40. The minimum absolute atomic E-state index is 0.0736. The molecule has 0 bridgehead atoms. The number of ether oxygens (including phenoxy) is 1. The van der Waals surface area contributed by atoms with E-state index in [-0.39, 0.29) is 17.3 Å². The Morgan fingerprint density at radius 1 is 1.28 bits per heavy atom. The molecule has 0 aliphatic heterocycles. The summed E-state index contributed by atoms with van der Waals surface area (Å²) in [6.45, 7) is 2.38. The Balaban J connectivity index is 2.29. The predicted octanol–water partition coefficient (Wildman–Crippen LogP) is 4.36. The summed E-state index contributed by atoms with van der Waals surface area (Å²) >= 11 is 6.08. The number of benzene rings is 1. The monoisotopic (exact) mass is 365 g/mol. The summed E-state index contributed by atoms with van der Waals surface area (Å²) in [7, 11) is 0. The molecule has 0 unspecified atom stereocenters. The third-order valence-corrected chi connectivity index (χ3v) is 3.94. The molecule has 3 rings (SSSR count). The van der Waals surface area contributed by atoms with Gasteiger partial charge in [-0.25, -0.2) is 14.5 Å². The zero-order valence-electron chi connectivity index (χ0n) is 13.5. The molecule has 0 aliphatic rings. The van der Waals surface area contributed by atoms with E-state index in [4.69, 9.17) is 16.3 Å². The summed E-state index contributed by atoms with van der Waals surface area (Å²) in [5, 5.41) is 5.43. The lowest BCUT2D eigenvalue weighted by Crippen LogP contribution is -2.19. The number of hydrogen-bond donors (Lipinski definition) is 0. The zero-order valence-corrected chi connectivity index (χ0v) is 14.2. The Morgan fingerprint density at radius 3 is 2.60 bits per heavy atom.